The number of pyridine rings is 1. The number of nitrogens with one attached hydrogen (secondary N) is 1. The Kier molecular flexibility index (Phi) is 5.75. The van der Waals surface area contributed by atoms with Crippen molar-refractivity contribution in [2.24, 2.45) is 23.2 Å². The SMILES string of the molecule is O=C(NCC12CC3CC(CC(C3)C1)C2)c1cccc2nc(CN(CCO)CCO)cn12. The van der Waals surface area contributed by atoms with E-state index in [1.807, 2.05) is 33.7 Å². The second-order valence-electron chi connectivity index (χ2n) is 10.2. The smallest absolute Gasteiger partial charge is 0.268 e. The van der Waals surface area contributed by atoms with Crippen LogP contribution in [0.2, 0.25) is 0 Å². The average molecular weight is 427 g/mol. The molecule has 0 saturated heterocycles. The number of carbonyl (C=O) groups excluding carboxylic acids is 1. The minimum atomic E-state index is -0.0344. The van der Waals surface area contributed by atoms with Gasteiger partial charge in [-0.25, -0.2) is 4.98 Å². The molecule has 0 atom stereocenters. The molecule has 3 N–H and O–H groups in total. The van der Waals surface area contributed by atoms with Crippen LogP contribution in [0.15, 0.2) is 24.4 Å². The van der Waals surface area contributed by atoms with Gasteiger partial charge in [0, 0.05) is 32.4 Å². The number of imidazole rings is 1. The molecule has 7 nitrogen and oxygen atoms in total. The number of rotatable bonds is 9. The van der Waals surface area contributed by atoms with Crippen LogP contribution in [0.25, 0.3) is 5.65 Å². The van der Waals surface area contributed by atoms with Gasteiger partial charge in [-0.3, -0.25) is 14.1 Å². The molecule has 1 amide bonds. The average Bonchev–Trinajstić information content (AvgIpc) is 3.14. The number of aromatic nitrogens is 2. The zero-order valence-corrected chi connectivity index (χ0v) is 18.2. The fourth-order valence-corrected chi connectivity index (χ4v) is 6.97. The first-order chi connectivity index (χ1) is 15.1. The molecule has 168 valence electrons. The van der Waals surface area contributed by atoms with E-state index in [1.54, 1.807) is 0 Å². The van der Waals surface area contributed by atoms with Crippen LogP contribution in [0.3, 0.4) is 0 Å². The van der Waals surface area contributed by atoms with Crippen molar-refractivity contribution in [1.29, 1.82) is 0 Å². The summed E-state index contributed by atoms with van der Waals surface area (Å²) in [5, 5.41) is 21.8. The van der Waals surface area contributed by atoms with Gasteiger partial charge in [0.25, 0.3) is 5.91 Å². The molecular weight excluding hydrogens is 392 g/mol. The minimum absolute atomic E-state index is 0.0331. The second-order valence-corrected chi connectivity index (χ2v) is 10.2. The van der Waals surface area contributed by atoms with Gasteiger partial charge < -0.3 is 15.5 Å². The number of fused-ring (bicyclic) bond motifs is 1. The predicted molar refractivity (Wildman–Crippen MR) is 118 cm³/mol. The maximum atomic E-state index is 13.2. The highest BCUT2D eigenvalue weighted by molar-refractivity contribution is 5.93. The van der Waals surface area contributed by atoms with Crippen molar-refractivity contribution >= 4 is 11.6 Å². The molecule has 2 aromatic heterocycles. The Hall–Kier alpha value is -1.96. The Balaban J connectivity index is 1.29. The molecule has 4 bridgehead atoms. The number of aliphatic hydroxyl groups excluding tert-OH is 2. The molecule has 4 fully saturated rings. The topological polar surface area (TPSA) is 90.1 Å². The van der Waals surface area contributed by atoms with E-state index < -0.39 is 0 Å². The Morgan fingerprint density at radius 1 is 1.10 bits per heavy atom. The van der Waals surface area contributed by atoms with E-state index >= 15 is 0 Å². The van der Waals surface area contributed by atoms with Gasteiger partial charge in [0.15, 0.2) is 0 Å². The lowest BCUT2D eigenvalue weighted by Gasteiger charge is -2.56. The summed E-state index contributed by atoms with van der Waals surface area (Å²) in [7, 11) is 0. The molecule has 6 rings (SSSR count). The van der Waals surface area contributed by atoms with Crippen molar-refractivity contribution in [3.63, 3.8) is 0 Å². The van der Waals surface area contributed by atoms with E-state index in [4.69, 9.17) is 0 Å². The van der Waals surface area contributed by atoms with E-state index in [-0.39, 0.29) is 19.1 Å². The normalized spacial score (nSPS) is 29.2. The van der Waals surface area contributed by atoms with Crippen molar-refractivity contribution in [1.82, 2.24) is 19.6 Å². The van der Waals surface area contributed by atoms with E-state index in [0.717, 1.165) is 35.6 Å². The summed E-state index contributed by atoms with van der Waals surface area (Å²) in [4.78, 5) is 19.8. The summed E-state index contributed by atoms with van der Waals surface area (Å²) < 4.78 is 1.86. The van der Waals surface area contributed by atoms with Crippen LogP contribution in [0.4, 0.5) is 0 Å². The van der Waals surface area contributed by atoms with E-state index in [2.05, 4.69) is 10.3 Å². The molecule has 31 heavy (non-hydrogen) atoms. The summed E-state index contributed by atoms with van der Waals surface area (Å²) in [5.41, 5.74) is 2.48. The molecule has 0 spiro atoms. The zero-order valence-electron chi connectivity index (χ0n) is 18.2. The van der Waals surface area contributed by atoms with E-state index in [9.17, 15) is 15.0 Å². The maximum Gasteiger partial charge on any atom is 0.268 e. The van der Waals surface area contributed by atoms with Crippen LogP contribution in [-0.2, 0) is 6.54 Å². The zero-order chi connectivity index (χ0) is 21.4. The summed E-state index contributed by atoms with van der Waals surface area (Å²) in [6, 6.07) is 5.64. The Labute approximate surface area is 183 Å². The lowest BCUT2D eigenvalue weighted by Crippen LogP contribution is -2.51. The summed E-state index contributed by atoms with van der Waals surface area (Å²) in [5.74, 6) is 2.60. The van der Waals surface area contributed by atoms with Crippen LogP contribution in [0, 0.1) is 23.2 Å². The van der Waals surface area contributed by atoms with Crippen molar-refractivity contribution in [2.45, 2.75) is 45.1 Å². The van der Waals surface area contributed by atoms with Crippen LogP contribution in [0.1, 0.15) is 54.7 Å². The molecule has 4 aliphatic carbocycles. The fourth-order valence-electron chi connectivity index (χ4n) is 6.97. The van der Waals surface area contributed by atoms with Gasteiger partial charge in [-0.15, -0.1) is 0 Å². The van der Waals surface area contributed by atoms with Gasteiger partial charge in [0.1, 0.15) is 11.3 Å². The standard InChI is InChI=1S/C24H34N4O3/c29-6-4-27(5-7-30)14-20-15-28-21(2-1-3-22(28)26-20)23(31)25-16-24-11-17-8-18(12-24)10-19(9-17)13-24/h1-3,15,17-19,29-30H,4-14,16H2,(H,25,31). The molecule has 4 saturated carbocycles. The predicted octanol–water partition coefficient (Wildman–Crippen LogP) is 2.07. The van der Waals surface area contributed by atoms with Crippen LogP contribution < -0.4 is 5.32 Å². The minimum Gasteiger partial charge on any atom is -0.395 e. The first-order valence-electron chi connectivity index (χ1n) is 11.8. The largest absolute Gasteiger partial charge is 0.395 e. The fraction of sp³-hybridized carbons (Fsp3) is 0.667. The highest BCUT2D eigenvalue weighted by atomic mass is 16.3. The summed E-state index contributed by atoms with van der Waals surface area (Å²) in [6.45, 7) is 2.33. The molecule has 0 unspecified atom stereocenters. The highest BCUT2D eigenvalue weighted by Gasteiger charge is 2.50. The first-order valence-corrected chi connectivity index (χ1v) is 11.8. The van der Waals surface area contributed by atoms with Crippen LogP contribution >= 0.6 is 0 Å². The molecular formula is C24H34N4O3. The monoisotopic (exact) mass is 426 g/mol. The molecule has 2 aromatic rings. The van der Waals surface area contributed by atoms with Crippen LogP contribution in [-0.4, -0.2) is 63.3 Å². The maximum absolute atomic E-state index is 13.2. The molecule has 0 aromatic carbocycles. The Morgan fingerprint density at radius 3 is 2.35 bits per heavy atom. The van der Waals surface area contributed by atoms with Crippen molar-refractivity contribution in [3.8, 4) is 0 Å². The van der Waals surface area contributed by atoms with Gasteiger partial charge in [-0.1, -0.05) is 6.07 Å². The molecule has 0 aliphatic heterocycles. The number of carbonyl (C=O) groups is 1. The highest BCUT2D eigenvalue weighted by Crippen LogP contribution is 2.59. The number of amides is 1. The Morgan fingerprint density at radius 2 is 1.74 bits per heavy atom. The van der Waals surface area contributed by atoms with Gasteiger partial charge in [-0.2, -0.15) is 0 Å². The molecule has 0 radical (unpaired) electrons. The van der Waals surface area contributed by atoms with E-state index in [0.29, 0.717) is 30.7 Å². The van der Waals surface area contributed by atoms with Crippen molar-refractivity contribution < 1.29 is 15.0 Å². The number of nitrogens with zero attached hydrogens (tertiary/aromatic N) is 3. The lowest BCUT2D eigenvalue weighted by molar-refractivity contribution is -0.0503. The van der Waals surface area contributed by atoms with Gasteiger partial charge in [0.05, 0.1) is 18.9 Å². The third-order valence-electron chi connectivity index (χ3n) is 7.78. The molecule has 2 heterocycles. The quantitative estimate of drug-likeness (QED) is 0.571. The molecule has 4 aliphatic rings. The van der Waals surface area contributed by atoms with Gasteiger partial charge in [0.2, 0.25) is 0 Å². The lowest BCUT2D eigenvalue weighted by atomic mass is 9.49. The number of hydrogen-bond donors (Lipinski definition) is 3. The van der Waals surface area contributed by atoms with Gasteiger partial charge in [-0.05, 0) is 73.8 Å². The summed E-state index contributed by atoms with van der Waals surface area (Å²) in [6.07, 6.45) is 9.98. The van der Waals surface area contributed by atoms with Crippen LogP contribution in [0.5, 0.6) is 0 Å². The van der Waals surface area contributed by atoms with Crippen molar-refractivity contribution in [3.05, 3.63) is 35.8 Å². The third kappa shape index (κ3) is 4.23. The first kappa shape index (κ1) is 20.9. The van der Waals surface area contributed by atoms with Gasteiger partial charge >= 0.3 is 0 Å². The number of hydrogen-bond acceptors (Lipinski definition) is 5. The molecule has 7 heteroatoms. The number of aliphatic hydroxyl groups is 2. The summed E-state index contributed by atoms with van der Waals surface area (Å²) >= 11 is 0. The third-order valence-corrected chi connectivity index (χ3v) is 7.78. The Bertz CT molecular complexity index is 899. The van der Waals surface area contributed by atoms with E-state index in [1.165, 1.54) is 38.5 Å². The second kappa shape index (κ2) is 8.52. The van der Waals surface area contributed by atoms with Crippen molar-refractivity contribution in [2.75, 3.05) is 32.8 Å².